The van der Waals surface area contributed by atoms with Crippen LogP contribution in [0.5, 0.6) is 0 Å². The summed E-state index contributed by atoms with van der Waals surface area (Å²) in [6.07, 6.45) is 7.65. The Hall–Kier alpha value is -1.24. The predicted molar refractivity (Wildman–Crippen MR) is 78.0 cm³/mol. The molecule has 1 fully saturated rings. The van der Waals surface area contributed by atoms with E-state index >= 15 is 0 Å². The lowest BCUT2D eigenvalue weighted by molar-refractivity contribution is 0.225. The molecule has 1 aromatic heterocycles. The molecule has 2 aromatic rings. The normalized spacial score (nSPS) is 20.4. The summed E-state index contributed by atoms with van der Waals surface area (Å²) in [5, 5.41) is 1.44. The van der Waals surface area contributed by atoms with Crippen LogP contribution in [-0.2, 0) is 0 Å². The lowest BCUT2D eigenvalue weighted by atomic mass is 9.71. The molecular weight excluding hydrogens is 218 g/mol. The third-order valence-corrected chi connectivity index (χ3v) is 4.73. The van der Waals surface area contributed by atoms with E-state index < -0.39 is 0 Å². The summed E-state index contributed by atoms with van der Waals surface area (Å²) in [4.78, 5) is 3.47. The van der Waals surface area contributed by atoms with Crippen LogP contribution in [0.2, 0.25) is 0 Å². The van der Waals surface area contributed by atoms with Gasteiger partial charge >= 0.3 is 0 Å². The van der Waals surface area contributed by atoms with Crippen LogP contribution in [-0.4, -0.2) is 4.98 Å². The summed E-state index contributed by atoms with van der Waals surface area (Å²) in [6.45, 7) is 7.00. The van der Waals surface area contributed by atoms with Gasteiger partial charge in [0.15, 0.2) is 0 Å². The highest BCUT2D eigenvalue weighted by Gasteiger charge is 2.28. The quantitative estimate of drug-likeness (QED) is 0.709. The van der Waals surface area contributed by atoms with Crippen LogP contribution in [0.1, 0.15) is 56.6 Å². The zero-order valence-corrected chi connectivity index (χ0v) is 11.7. The maximum atomic E-state index is 3.47. The number of H-pyrrole nitrogens is 1. The zero-order valence-electron chi connectivity index (χ0n) is 11.7. The van der Waals surface area contributed by atoms with Crippen LogP contribution < -0.4 is 0 Å². The largest absolute Gasteiger partial charge is 0.361 e. The lowest BCUT2D eigenvalue weighted by Crippen LogP contribution is -2.20. The van der Waals surface area contributed by atoms with Gasteiger partial charge in [0.1, 0.15) is 0 Å². The Morgan fingerprint density at radius 2 is 1.89 bits per heavy atom. The standard InChI is InChI=1S/C17H23N/c1-12-5-4-6-14-15(11-18-16(12)14)13-7-9-17(2,3)10-8-13/h4-6,11,13,18H,7-10H2,1-3H3. The second-order valence-corrected chi connectivity index (χ2v) is 6.68. The minimum atomic E-state index is 0.554. The Bertz CT molecular complexity index is 552. The highest BCUT2D eigenvalue weighted by molar-refractivity contribution is 5.86. The number of hydrogen-bond acceptors (Lipinski definition) is 0. The highest BCUT2D eigenvalue weighted by atomic mass is 14.7. The smallest absolute Gasteiger partial charge is 0.0486 e. The minimum absolute atomic E-state index is 0.554. The maximum absolute atomic E-state index is 3.47. The number of aryl methyl sites for hydroxylation is 1. The van der Waals surface area contributed by atoms with E-state index in [1.165, 1.54) is 42.1 Å². The first-order chi connectivity index (χ1) is 8.57. The number of benzene rings is 1. The van der Waals surface area contributed by atoms with E-state index in [1.807, 2.05) is 0 Å². The molecule has 18 heavy (non-hydrogen) atoms. The van der Waals surface area contributed by atoms with Crippen LogP contribution >= 0.6 is 0 Å². The number of nitrogens with one attached hydrogen (secondary N) is 1. The fourth-order valence-electron chi connectivity index (χ4n) is 3.38. The summed E-state index contributed by atoms with van der Waals surface area (Å²) < 4.78 is 0. The van der Waals surface area contributed by atoms with Gasteiger partial charge in [0, 0.05) is 17.1 Å². The van der Waals surface area contributed by atoms with Crippen molar-refractivity contribution in [2.75, 3.05) is 0 Å². The van der Waals surface area contributed by atoms with E-state index in [2.05, 4.69) is 50.2 Å². The molecule has 0 spiro atoms. The number of aromatic amines is 1. The lowest BCUT2D eigenvalue weighted by Gasteiger charge is -2.34. The third kappa shape index (κ3) is 1.96. The van der Waals surface area contributed by atoms with Crippen LogP contribution in [0.3, 0.4) is 0 Å². The highest BCUT2D eigenvalue weighted by Crippen LogP contribution is 2.44. The molecule has 1 saturated carbocycles. The van der Waals surface area contributed by atoms with E-state index in [-0.39, 0.29) is 0 Å². The molecule has 1 nitrogen and oxygen atoms in total. The fraction of sp³-hybridized carbons (Fsp3) is 0.529. The number of hydrogen-bond donors (Lipinski definition) is 1. The van der Waals surface area contributed by atoms with Gasteiger partial charge in [0.25, 0.3) is 0 Å². The van der Waals surface area contributed by atoms with Crippen molar-refractivity contribution in [1.29, 1.82) is 0 Å². The topological polar surface area (TPSA) is 15.8 Å². The van der Waals surface area contributed by atoms with Crippen molar-refractivity contribution in [3.05, 3.63) is 35.5 Å². The van der Waals surface area contributed by atoms with E-state index in [1.54, 1.807) is 5.56 Å². The number of para-hydroxylation sites is 1. The van der Waals surface area contributed by atoms with E-state index in [9.17, 15) is 0 Å². The monoisotopic (exact) mass is 241 g/mol. The van der Waals surface area contributed by atoms with Gasteiger partial charge in [-0.1, -0.05) is 32.0 Å². The minimum Gasteiger partial charge on any atom is -0.361 e. The van der Waals surface area contributed by atoms with Crippen molar-refractivity contribution in [2.45, 2.75) is 52.4 Å². The summed E-state index contributed by atoms with van der Waals surface area (Å²) in [5.74, 6) is 0.758. The molecule has 1 aliphatic carbocycles. The summed E-state index contributed by atoms with van der Waals surface area (Å²) >= 11 is 0. The molecule has 0 unspecified atom stereocenters. The Morgan fingerprint density at radius 3 is 2.61 bits per heavy atom. The van der Waals surface area contributed by atoms with E-state index in [0.717, 1.165) is 5.92 Å². The first-order valence-electron chi connectivity index (χ1n) is 7.13. The molecular formula is C17H23N. The second-order valence-electron chi connectivity index (χ2n) is 6.68. The Balaban J connectivity index is 1.94. The SMILES string of the molecule is Cc1cccc2c(C3CCC(C)(C)CC3)c[nH]c12. The van der Waals surface area contributed by atoms with Gasteiger partial charge in [0.05, 0.1) is 0 Å². The van der Waals surface area contributed by atoms with Gasteiger partial charge in [0.2, 0.25) is 0 Å². The van der Waals surface area contributed by atoms with E-state index in [0.29, 0.717) is 5.41 Å². The van der Waals surface area contributed by atoms with Crippen LogP contribution in [0.25, 0.3) is 10.9 Å². The van der Waals surface area contributed by atoms with Gasteiger partial charge in [-0.3, -0.25) is 0 Å². The fourth-order valence-corrected chi connectivity index (χ4v) is 3.38. The second kappa shape index (κ2) is 4.15. The molecule has 3 rings (SSSR count). The Kier molecular flexibility index (Phi) is 2.73. The molecule has 0 saturated heterocycles. The molecule has 0 atom stereocenters. The van der Waals surface area contributed by atoms with Crippen LogP contribution in [0, 0.1) is 12.3 Å². The van der Waals surface area contributed by atoms with Crippen molar-refractivity contribution < 1.29 is 0 Å². The van der Waals surface area contributed by atoms with Crippen molar-refractivity contribution in [3.63, 3.8) is 0 Å². The Labute approximate surface area is 110 Å². The molecule has 0 amide bonds. The van der Waals surface area contributed by atoms with Crippen molar-refractivity contribution >= 4 is 10.9 Å². The van der Waals surface area contributed by atoms with Crippen molar-refractivity contribution in [3.8, 4) is 0 Å². The van der Waals surface area contributed by atoms with Crippen molar-refractivity contribution in [2.24, 2.45) is 5.41 Å². The van der Waals surface area contributed by atoms with Crippen LogP contribution in [0.4, 0.5) is 0 Å². The molecule has 0 radical (unpaired) electrons. The summed E-state index contributed by atoms with van der Waals surface area (Å²) in [7, 11) is 0. The molecule has 1 heteroatoms. The molecule has 1 aromatic carbocycles. The molecule has 0 bridgehead atoms. The number of fused-ring (bicyclic) bond motifs is 1. The van der Waals surface area contributed by atoms with Crippen LogP contribution in [0.15, 0.2) is 24.4 Å². The number of aromatic nitrogens is 1. The predicted octanol–water partition coefficient (Wildman–Crippen LogP) is 5.16. The van der Waals surface area contributed by atoms with Gasteiger partial charge < -0.3 is 4.98 Å². The molecule has 0 aliphatic heterocycles. The first-order valence-corrected chi connectivity index (χ1v) is 7.13. The van der Waals surface area contributed by atoms with Gasteiger partial charge in [-0.2, -0.15) is 0 Å². The number of rotatable bonds is 1. The molecule has 96 valence electrons. The van der Waals surface area contributed by atoms with Gasteiger partial charge in [-0.15, -0.1) is 0 Å². The average Bonchev–Trinajstić information content (AvgIpc) is 2.74. The maximum Gasteiger partial charge on any atom is 0.0486 e. The zero-order chi connectivity index (χ0) is 12.8. The summed E-state index contributed by atoms with van der Waals surface area (Å²) in [6, 6.07) is 6.64. The van der Waals surface area contributed by atoms with Gasteiger partial charge in [-0.05, 0) is 55.1 Å². The third-order valence-electron chi connectivity index (χ3n) is 4.73. The first kappa shape index (κ1) is 11.8. The van der Waals surface area contributed by atoms with Crippen molar-refractivity contribution in [1.82, 2.24) is 4.98 Å². The van der Waals surface area contributed by atoms with E-state index in [4.69, 9.17) is 0 Å². The molecule has 1 heterocycles. The van der Waals surface area contributed by atoms with Gasteiger partial charge in [-0.25, -0.2) is 0 Å². The molecule has 1 aliphatic rings. The average molecular weight is 241 g/mol. The summed E-state index contributed by atoms with van der Waals surface area (Å²) in [5.41, 5.74) is 4.79. The Morgan fingerprint density at radius 1 is 1.17 bits per heavy atom. The molecule has 1 N–H and O–H groups in total.